The van der Waals surface area contributed by atoms with E-state index in [0.717, 1.165) is 5.75 Å². The highest BCUT2D eigenvalue weighted by atomic mass is 16.5. The van der Waals surface area contributed by atoms with E-state index in [1.54, 1.807) is 0 Å². The number of hydrogen-bond acceptors (Lipinski definition) is 6. The molecule has 3 N–H and O–H groups in total. The van der Waals surface area contributed by atoms with Gasteiger partial charge in [-0.05, 0) is 19.1 Å². The number of rotatable bonds is 7. The molecule has 1 amide bonds. The van der Waals surface area contributed by atoms with Crippen molar-refractivity contribution in [3.8, 4) is 11.5 Å². The van der Waals surface area contributed by atoms with E-state index in [-0.39, 0.29) is 5.69 Å². The van der Waals surface area contributed by atoms with Crippen LogP contribution in [0.5, 0.6) is 11.5 Å². The van der Waals surface area contributed by atoms with Crippen LogP contribution in [0.25, 0.3) is 0 Å². The molecular weight excluding hydrogens is 274 g/mol. The zero-order valence-electron chi connectivity index (χ0n) is 11.7. The van der Waals surface area contributed by atoms with Crippen molar-refractivity contribution in [3.05, 3.63) is 36.2 Å². The molecular formula is C13H17N5O3. The molecule has 1 heterocycles. The lowest BCUT2D eigenvalue weighted by Gasteiger charge is -2.08. The van der Waals surface area contributed by atoms with Gasteiger partial charge in [0.15, 0.2) is 5.69 Å². The van der Waals surface area contributed by atoms with E-state index in [1.165, 1.54) is 10.9 Å². The van der Waals surface area contributed by atoms with E-state index in [0.29, 0.717) is 25.5 Å². The number of amides is 1. The Balaban J connectivity index is 1.85. The molecule has 0 aliphatic rings. The minimum Gasteiger partial charge on any atom is -0.494 e. The van der Waals surface area contributed by atoms with Gasteiger partial charge >= 0.3 is 0 Å². The van der Waals surface area contributed by atoms with Crippen molar-refractivity contribution in [1.29, 1.82) is 0 Å². The van der Waals surface area contributed by atoms with Gasteiger partial charge in [0, 0.05) is 6.07 Å². The Morgan fingerprint density at radius 3 is 2.86 bits per heavy atom. The second-order valence-electron chi connectivity index (χ2n) is 4.10. The van der Waals surface area contributed by atoms with Gasteiger partial charge in [0.05, 0.1) is 19.3 Å². The van der Waals surface area contributed by atoms with Crippen LogP contribution in [0.3, 0.4) is 0 Å². The first kappa shape index (κ1) is 14.8. The Labute approximate surface area is 121 Å². The van der Waals surface area contributed by atoms with Crippen molar-refractivity contribution in [2.75, 3.05) is 13.2 Å². The standard InChI is InChI=1S/C13H17N5O3/c1-2-20-10-4-3-5-11(8-10)21-7-6-18-9-12(16-17-18)13(19)15-14/h3-5,8-9H,2,6-7,14H2,1H3,(H,15,19). The minimum absolute atomic E-state index is 0.163. The monoisotopic (exact) mass is 291 g/mol. The summed E-state index contributed by atoms with van der Waals surface area (Å²) in [6, 6.07) is 7.39. The summed E-state index contributed by atoms with van der Waals surface area (Å²) in [7, 11) is 0. The van der Waals surface area contributed by atoms with Crippen LogP contribution in [-0.4, -0.2) is 34.1 Å². The lowest BCUT2D eigenvalue weighted by atomic mass is 10.3. The van der Waals surface area contributed by atoms with E-state index < -0.39 is 5.91 Å². The summed E-state index contributed by atoms with van der Waals surface area (Å²) in [5.74, 6) is 6.01. The van der Waals surface area contributed by atoms with Crippen molar-refractivity contribution >= 4 is 5.91 Å². The number of nitrogens with two attached hydrogens (primary N) is 1. The molecule has 2 aromatic rings. The van der Waals surface area contributed by atoms with Crippen molar-refractivity contribution in [2.24, 2.45) is 5.84 Å². The quantitative estimate of drug-likeness (QED) is 0.433. The Morgan fingerprint density at radius 2 is 2.14 bits per heavy atom. The number of carbonyl (C=O) groups is 1. The lowest BCUT2D eigenvalue weighted by molar-refractivity contribution is 0.0948. The molecule has 0 aliphatic carbocycles. The van der Waals surface area contributed by atoms with Gasteiger partial charge in [-0.25, -0.2) is 10.5 Å². The molecule has 0 unspecified atom stereocenters. The Kier molecular flexibility index (Phi) is 5.10. The third-order valence-electron chi connectivity index (χ3n) is 2.61. The molecule has 0 radical (unpaired) electrons. The van der Waals surface area contributed by atoms with Gasteiger partial charge in [-0.1, -0.05) is 11.3 Å². The number of hydrogen-bond donors (Lipinski definition) is 2. The molecule has 1 aromatic heterocycles. The number of aromatic nitrogens is 3. The summed E-state index contributed by atoms with van der Waals surface area (Å²) in [5, 5.41) is 7.51. The van der Waals surface area contributed by atoms with Crippen LogP contribution in [0.2, 0.25) is 0 Å². The molecule has 0 saturated carbocycles. The summed E-state index contributed by atoms with van der Waals surface area (Å²) in [6.07, 6.45) is 1.50. The van der Waals surface area contributed by atoms with Gasteiger partial charge in [-0.2, -0.15) is 0 Å². The summed E-state index contributed by atoms with van der Waals surface area (Å²) in [5.41, 5.74) is 2.16. The number of carbonyl (C=O) groups excluding carboxylic acids is 1. The van der Waals surface area contributed by atoms with E-state index >= 15 is 0 Å². The van der Waals surface area contributed by atoms with Crippen molar-refractivity contribution < 1.29 is 14.3 Å². The normalized spacial score (nSPS) is 10.2. The Bertz CT molecular complexity index is 599. The molecule has 0 saturated heterocycles. The molecule has 1 aromatic carbocycles. The Hall–Kier alpha value is -2.61. The fourth-order valence-corrected chi connectivity index (χ4v) is 1.66. The molecule has 0 aliphatic heterocycles. The maximum Gasteiger partial charge on any atom is 0.287 e. The van der Waals surface area contributed by atoms with Crippen LogP contribution in [0, 0.1) is 0 Å². The molecule has 0 bridgehead atoms. The number of hydrazine groups is 1. The second-order valence-corrected chi connectivity index (χ2v) is 4.10. The fraction of sp³-hybridized carbons (Fsp3) is 0.308. The molecule has 2 rings (SSSR count). The maximum atomic E-state index is 11.2. The smallest absolute Gasteiger partial charge is 0.287 e. The van der Waals surface area contributed by atoms with Gasteiger partial charge in [0.2, 0.25) is 0 Å². The summed E-state index contributed by atoms with van der Waals surface area (Å²) >= 11 is 0. The van der Waals surface area contributed by atoms with Crippen molar-refractivity contribution in [3.63, 3.8) is 0 Å². The number of nitrogens with zero attached hydrogens (tertiary/aromatic N) is 3. The molecule has 21 heavy (non-hydrogen) atoms. The van der Waals surface area contributed by atoms with Crippen LogP contribution < -0.4 is 20.7 Å². The van der Waals surface area contributed by atoms with Crippen LogP contribution >= 0.6 is 0 Å². The maximum absolute atomic E-state index is 11.2. The number of nitrogens with one attached hydrogen (secondary N) is 1. The van der Waals surface area contributed by atoms with E-state index in [2.05, 4.69) is 10.3 Å². The second kappa shape index (κ2) is 7.25. The van der Waals surface area contributed by atoms with E-state index in [1.807, 2.05) is 36.6 Å². The number of benzene rings is 1. The summed E-state index contributed by atoms with van der Waals surface area (Å²) in [4.78, 5) is 11.2. The highest BCUT2D eigenvalue weighted by Gasteiger charge is 2.08. The first-order chi connectivity index (χ1) is 10.2. The first-order valence-electron chi connectivity index (χ1n) is 6.49. The molecule has 0 atom stereocenters. The predicted molar refractivity (Wildman–Crippen MR) is 74.8 cm³/mol. The number of nitrogen functional groups attached to an aromatic ring is 1. The van der Waals surface area contributed by atoms with Crippen LogP contribution in [-0.2, 0) is 6.54 Å². The van der Waals surface area contributed by atoms with Gasteiger partial charge in [0.1, 0.15) is 18.1 Å². The predicted octanol–water partition coefficient (Wildman–Crippen LogP) is 0.359. The summed E-state index contributed by atoms with van der Waals surface area (Å²) in [6.45, 7) is 3.38. The van der Waals surface area contributed by atoms with Crippen LogP contribution in [0.15, 0.2) is 30.5 Å². The average molecular weight is 291 g/mol. The molecule has 8 heteroatoms. The highest BCUT2D eigenvalue weighted by Crippen LogP contribution is 2.19. The largest absolute Gasteiger partial charge is 0.494 e. The lowest BCUT2D eigenvalue weighted by Crippen LogP contribution is -2.30. The van der Waals surface area contributed by atoms with E-state index in [4.69, 9.17) is 15.3 Å². The van der Waals surface area contributed by atoms with Crippen molar-refractivity contribution in [1.82, 2.24) is 20.4 Å². The minimum atomic E-state index is -0.480. The van der Waals surface area contributed by atoms with Crippen molar-refractivity contribution in [2.45, 2.75) is 13.5 Å². The van der Waals surface area contributed by atoms with Gasteiger partial charge in [0.25, 0.3) is 5.91 Å². The molecule has 112 valence electrons. The van der Waals surface area contributed by atoms with Crippen LogP contribution in [0.1, 0.15) is 17.4 Å². The molecule has 8 nitrogen and oxygen atoms in total. The topological polar surface area (TPSA) is 104 Å². The van der Waals surface area contributed by atoms with Gasteiger partial charge < -0.3 is 9.47 Å². The van der Waals surface area contributed by atoms with Crippen LogP contribution in [0.4, 0.5) is 0 Å². The molecule has 0 spiro atoms. The SMILES string of the molecule is CCOc1cccc(OCCn2cc(C(=O)NN)nn2)c1. The van der Waals surface area contributed by atoms with Gasteiger partial charge in [-0.3, -0.25) is 10.2 Å². The van der Waals surface area contributed by atoms with E-state index in [9.17, 15) is 4.79 Å². The first-order valence-corrected chi connectivity index (χ1v) is 6.49. The Morgan fingerprint density at radius 1 is 1.38 bits per heavy atom. The zero-order chi connectivity index (χ0) is 15.1. The summed E-state index contributed by atoms with van der Waals surface area (Å²) < 4.78 is 12.5. The fourth-order valence-electron chi connectivity index (χ4n) is 1.66. The zero-order valence-corrected chi connectivity index (χ0v) is 11.7. The number of ether oxygens (including phenoxy) is 2. The highest BCUT2D eigenvalue weighted by molar-refractivity contribution is 5.91. The molecule has 0 fully saturated rings. The average Bonchev–Trinajstić information content (AvgIpc) is 2.96. The third-order valence-corrected chi connectivity index (χ3v) is 2.61. The third kappa shape index (κ3) is 4.18. The van der Waals surface area contributed by atoms with Gasteiger partial charge in [-0.15, -0.1) is 5.10 Å².